The number of fused-ring (bicyclic) bond motifs is 2. The zero-order chi connectivity index (χ0) is 9.71. The van der Waals surface area contributed by atoms with Gasteiger partial charge in [-0.25, -0.2) is 0 Å². The standard InChI is InChI=1S/C8H6N4SSe/c1-3-5-6(10-13-9-5)4(2)8-7(3)11-14-12-8/h1-2H3. The van der Waals surface area contributed by atoms with Crippen LogP contribution in [0.15, 0.2) is 7.92 Å². The Balaban J connectivity index is 2.59. The molecule has 1 aromatic carbocycles. The molecule has 0 fully saturated rings. The summed E-state index contributed by atoms with van der Waals surface area (Å²) in [5.74, 6) is 0. The van der Waals surface area contributed by atoms with Crippen molar-refractivity contribution in [2.45, 2.75) is 13.8 Å². The van der Waals surface area contributed by atoms with Crippen molar-refractivity contribution in [2.75, 3.05) is 0 Å². The molecule has 0 amide bonds. The molecule has 4 nitrogen and oxygen atoms in total. The van der Waals surface area contributed by atoms with E-state index in [1.807, 2.05) is 13.8 Å². The summed E-state index contributed by atoms with van der Waals surface area (Å²) < 4.78 is 17.4. The Labute approximate surface area is 90.4 Å². The summed E-state index contributed by atoms with van der Waals surface area (Å²) in [6.07, 6.45) is 0. The van der Waals surface area contributed by atoms with Crippen molar-refractivity contribution in [3.63, 3.8) is 0 Å². The normalized spacial score (nSPS) is 13.3. The first-order valence-electron chi connectivity index (χ1n) is 4.12. The molecule has 1 aliphatic rings. The van der Waals surface area contributed by atoms with Gasteiger partial charge in [0.25, 0.3) is 0 Å². The Bertz CT molecular complexity index is 561. The van der Waals surface area contributed by atoms with Gasteiger partial charge in [0.15, 0.2) is 0 Å². The Morgan fingerprint density at radius 2 is 1.43 bits per heavy atom. The van der Waals surface area contributed by atoms with Crippen LogP contribution in [0.1, 0.15) is 11.1 Å². The molecule has 70 valence electrons. The molecule has 0 atom stereocenters. The molecule has 1 aromatic heterocycles. The van der Waals surface area contributed by atoms with E-state index < -0.39 is 0 Å². The van der Waals surface area contributed by atoms with Crippen molar-refractivity contribution >= 4 is 48.7 Å². The fraction of sp³-hybridized carbons (Fsp3) is 0.250. The van der Waals surface area contributed by atoms with Gasteiger partial charge in [0, 0.05) is 0 Å². The van der Waals surface area contributed by atoms with E-state index in [1.54, 1.807) is 0 Å². The Hall–Kier alpha value is -0.841. The quantitative estimate of drug-likeness (QED) is 0.589. The van der Waals surface area contributed by atoms with Gasteiger partial charge >= 0.3 is 90.3 Å². The van der Waals surface area contributed by atoms with E-state index in [1.165, 1.54) is 11.7 Å². The fourth-order valence-electron chi connectivity index (χ4n) is 1.59. The number of aromatic nitrogens is 2. The van der Waals surface area contributed by atoms with Crippen molar-refractivity contribution in [3.8, 4) is 0 Å². The number of hydrogen-bond acceptors (Lipinski definition) is 5. The van der Waals surface area contributed by atoms with Gasteiger partial charge in [-0.1, -0.05) is 0 Å². The zero-order valence-electron chi connectivity index (χ0n) is 7.61. The second-order valence-corrected chi connectivity index (χ2v) is 4.81. The Morgan fingerprint density at radius 1 is 0.929 bits per heavy atom. The van der Waals surface area contributed by atoms with E-state index in [0.717, 1.165) is 33.5 Å². The topological polar surface area (TPSA) is 50.5 Å². The molecule has 0 saturated heterocycles. The van der Waals surface area contributed by atoms with Gasteiger partial charge in [0.05, 0.1) is 0 Å². The number of aryl methyl sites for hydroxylation is 2. The molecule has 0 aliphatic carbocycles. The third kappa shape index (κ3) is 0.932. The predicted octanol–water partition coefficient (Wildman–Crippen LogP) is 2.66. The van der Waals surface area contributed by atoms with Crippen molar-refractivity contribution in [1.29, 1.82) is 0 Å². The molecule has 2 heterocycles. The van der Waals surface area contributed by atoms with Crippen molar-refractivity contribution in [1.82, 2.24) is 8.75 Å². The van der Waals surface area contributed by atoms with Crippen molar-refractivity contribution in [2.24, 2.45) is 7.92 Å². The van der Waals surface area contributed by atoms with Crippen molar-refractivity contribution in [3.05, 3.63) is 11.1 Å². The minimum absolute atomic E-state index is 0.0279. The van der Waals surface area contributed by atoms with Crippen LogP contribution in [-0.4, -0.2) is 23.3 Å². The molecule has 1 aliphatic heterocycles. The van der Waals surface area contributed by atoms with E-state index in [9.17, 15) is 0 Å². The molecule has 3 rings (SSSR count). The van der Waals surface area contributed by atoms with Gasteiger partial charge < -0.3 is 0 Å². The number of nitrogens with zero attached hydrogens (tertiary/aromatic N) is 4. The number of rotatable bonds is 0. The second-order valence-electron chi connectivity index (χ2n) is 3.17. The first-order valence-corrected chi connectivity index (χ1v) is 6.39. The molecule has 0 unspecified atom stereocenters. The van der Waals surface area contributed by atoms with E-state index in [2.05, 4.69) is 16.7 Å². The summed E-state index contributed by atoms with van der Waals surface area (Å²) in [6.45, 7) is 4.09. The molecular weight excluding hydrogens is 263 g/mol. The van der Waals surface area contributed by atoms with E-state index in [4.69, 9.17) is 0 Å². The summed E-state index contributed by atoms with van der Waals surface area (Å²) in [4.78, 5) is 0. The predicted molar refractivity (Wildman–Crippen MR) is 56.8 cm³/mol. The minimum atomic E-state index is 0.0279. The van der Waals surface area contributed by atoms with Crippen LogP contribution in [0.4, 0.5) is 11.4 Å². The molecule has 0 spiro atoms. The number of hydrogen-bond donors (Lipinski definition) is 0. The summed E-state index contributed by atoms with van der Waals surface area (Å²) in [5.41, 5.74) is 6.28. The van der Waals surface area contributed by atoms with Crippen LogP contribution in [0.5, 0.6) is 0 Å². The Morgan fingerprint density at radius 3 is 1.93 bits per heavy atom. The monoisotopic (exact) mass is 270 g/mol. The summed E-state index contributed by atoms with van der Waals surface area (Å²) in [5, 5.41) is 0. The van der Waals surface area contributed by atoms with Crippen LogP contribution < -0.4 is 0 Å². The zero-order valence-corrected chi connectivity index (χ0v) is 10.1. The molecule has 6 heteroatoms. The maximum absolute atomic E-state index is 4.42. The first-order chi connectivity index (χ1) is 6.79. The SMILES string of the molecule is Cc1c2c(c(C)c3nsnc13)N=[Se]=N2. The van der Waals surface area contributed by atoms with Gasteiger partial charge in [-0.05, 0) is 0 Å². The second kappa shape index (κ2) is 2.82. The molecule has 0 saturated carbocycles. The van der Waals surface area contributed by atoms with E-state index in [-0.39, 0.29) is 14.6 Å². The van der Waals surface area contributed by atoms with Gasteiger partial charge in [-0.3, -0.25) is 0 Å². The summed E-state index contributed by atoms with van der Waals surface area (Å²) in [6, 6.07) is 0. The van der Waals surface area contributed by atoms with Gasteiger partial charge in [0.2, 0.25) is 0 Å². The summed E-state index contributed by atoms with van der Waals surface area (Å²) in [7, 11) is 0. The van der Waals surface area contributed by atoms with Crippen molar-refractivity contribution < 1.29 is 0 Å². The third-order valence-corrected chi connectivity index (χ3v) is 4.04. The molecule has 0 radical (unpaired) electrons. The molecule has 0 bridgehead atoms. The van der Waals surface area contributed by atoms with Crippen LogP contribution in [0.25, 0.3) is 11.0 Å². The fourth-order valence-corrected chi connectivity index (χ4v) is 3.60. The average molecular weight is 269 g/mol. The van der Waals surface area contributed by atoms with Gasteiger partial charge in [0.1, 0.15) is 0 Å². The summed E-state index contributed by atoms with van der Waals surface area (Å²) >= 11 is 1.28. The average Bonchev–Trinajstić information content (AvgIpc) is 2.82. The molecular formula is C8H6N4SSe. The van der Waals surface area contributed by atoms with Crippen LogP contribution in [0, 0.1) is 13.8 Å². The molecule has 14 heavy (non-hydrogen) atoms. The Kier molecular flexibility index (Phi) is 1.71. The van der Waals surface area contributed by atoms with E-state index >= 15 is 0 Å². The van der Waals surface area contributed by atoms with Crippen LogP contribution in [-0.2, 0) is 0 Å². The van der Waals surface area contributed by atoms with Gasteiger partial charge in [-0.15, -0.1) is 0 Å². The first kappa shape index (κ1) is 8.47. The third-order valence-electron chi connectivity index (χ3n) is 2.40. The van der Waals surface area contributed by atoms with Crippen LogP contribution >= 0.6 is 11.7 Å². The van der Waals surface area contributed by atoms with E-state index in [0.29, 0.717) is 0 Å². The number of benzene rings is 1. The molecule has 2 aromatic rings. The maximum atomic E-state index is 4.42. The van der Waals surface area contributed by atoms with Crippen LogP contribution in [0.2, 0.25) is 0 Å². The van der Waals surface area contributed by atoms with Crippen LogP contribution in [0.3, 0.4) is 0 Å². The van der Waals surface area contributed by atoms with Gasteiger partial charge in [-0.2, -0.15) is 0 Å². The molecule has 0 N–H and O–H groups in total.